The van der Waals surface area contributed by atoms with Crippen LogP contribution in [0.3, 0.4) is 0 Å². The van der Waals surface area contributed by atoms with Gasteiger partial charge in [-0.3, -0.25) is 4.79 Å². The van der Waals surface area contributed by atoms with Crippen LogP contribution in [0.25, 0.3) is 33.5 Å². The number of anilines is 1. The number of halogens is 3. The van der Waals surface area contributed by atoms with Gasteiger partial charge >= 0.3 is 5.97 Å². The van der Waals surface area contributed by atoms with Gasteiger partial charge in [-0.15, -0.1) is 12.4 Å². The standard InChI is InChI=1S/C36H33ClFN3O4.ClH/c1-22(42)40(2)28-13-15-30(23-8-11-26(37)12-9-23)25(18-28)21-45-29-14-16-31(32(38)20-29)35-39-33-19-24(36(43)44)10-17-34(33)41(35)27-6-4-3-5-7-27;/h8-20,27H,3-7,21H2,1-2H3,(H,43,44);1H. The first-order chi connectivity index (χ1) is 21.7. The number of fused-ring (bicyclic) bond motifs is 1. The van der Waals surface area contributed by atoms with Crippen LogP contribution < -0.4 is 9.64 Å². The molecule has 1 fully saturated rings. The second-order valence-corrected chi connectivity index (χ2v) is 11.9. The molecule has 0 spiro atoms. The number of hydrogen-bond acceptors (Lipinski definition) is 4. The molecule has 0 saturated heterocycles. The van der Waals surface area contributed by atoms with Gasteiger partial charge in [0.1, 0.15) is 24.0 Å². The van der Waals surface area contributed by atoms with E-state index in [0.29, 0.717) is 33.4 Å². The Morgan fingerprint density at radius 2 is 1.70 bits per heavy atom. The Kier molecular flexibility index (Phi) is 9.99. The molecule has 7 nitrogen and oxygen atoms in total. The number of nitrogens with zero attached hydrogens (tertiary/aromatic N) is 3. The Balaban J connectivity index is 0.00000417. The highest BCUT2D eigenvalue weighted by atomic mass is 35.5. The van der Waals surface area contributed by atoms with Gasteiger partial charge in [0.15, 0.2) is 0 Å². The van der Waals surface area contributed by atoms with Crippen molar-refractivity contribution in [3.8, 4) is 28.3 Å². The average Bonchev–Trinajstić information content (AvgIpc) is 3.42. The normalized spacial score (nSPS) is 13.3. The molecule has 238 valence electrons. The molecule has 1 heterocycles. The second-order valence-electron chi connectivity index (χ2n) is 11.5. The Morgan fingerprint density at radius 3 is 2.37 bits per heavy atom. The van der Waals surface area contributed by atoms with E-state index >= 15 is 4.39 Å². The van der Waals surface area contributed by atoms with E-state index in [-0.39, 0.29) is 36.5 Å². The van der Waals surface area contributed by atoms with Crippen LogP contribution in [0.5, 0.6) is 5.75 Å². The van der Waals surface area contributed by atoms with Crippen molar-refractivity contribution >= 4 is 52.6 Å². The van der Waals surface area contributed by atoms with Crippen molar-refractivity contribution in [2.75, 3.05) is 11.9 Å². The van der Waals surface area contributed by atoms with Gasteiger partial charge in [-0.2, -0.15) is 0 Å². The fourth-order valence-electron chi connectivity index (χ4n) is 6.06. The number of rotatable bonds is 8. The monoisotopic (exact) mass is 661 g/mol. The van der Waals surface area contributed by atoms with Gasteiger partial charge < -0.3 is 19.3 Å². The molecule has 1 amide bonds. The molecule has 0 unspecified atom stereocenters. The number of carbonyl (C=O) groups excluding carboxylic acids is 1. The van der Waals surface area contributed by atoms with Crippen LogP contribution in [0.2, 0.25) is 5.02 Å². The summed E-state index contributed by atoms with van der Waals surface area (Å²) in [5.74, 6) is -0.792. The Bertz CT molecular complexity index is 1900. The van der Waals surface area contributed by atoms with E-state index in [0.717, 1.165) is 54.3 Å². The minimum Gasteiger partial charge on any atom is -0.489 e. The summed E-state index contributed by atoms with van der Waals surface area (Å²) in [5.41, 5.74) is 5.17. The largest absolute Gasteiger partial charge is 0.489 e. The minimum absolute atomic E-state index is 0. The molecule has 10 heteroatoms. The molecular weight excluding hydrogens is 628 g/mol. The first kappa shape index (κ1) is 33.0. The van der Waals surface area contributed by atoms with Crippen molar-refractivity contribution in [1.29, 1.82) is 0 Å². The van der Waals surface area contributed by atoms with Crippen molar-refractivity contribution in [2.45, 2.75) is 51.7 Å². The molecule has 1 saturated carbocycles. The lowest BCUT2D eigenvalue weighted by atomic mass is 9.94. The van der Waals surface area contributed by atoms with Gasteiger partial charge in [0.2, 0.25) is 5.91 Å². The Labute approximate surface area is 278 Å². The number of aromatic carboxylic acids is 1. The van der Waals surface area contributed by atoms with E-state index in [1.54, 1.807) is 42.3 Å². The summed E-state index contributed by atoms with van der Waals surface area (Å²) in [7, 11) is 1.71. The summed E-state index contributed by atoms with van der Waals surface area (Å²) >= 11 is 6.12. The molecule has 1 aliphatic rings. The van der Waals surface area contributed by atoms with Crippen molar-refractivity contribution < 1.29 is 23.8 Å². The average molecular weight is 663 g/mol. The van der Waals surface area contributed by atoms with E-state index in [1.807, 2.05) is 42.5 Å². The van der Waals surface area contributed by atoms with Crippen LogP contribution in [-0.2, 0) is 11.4 Å². The maximum Gasteiger partial charge on any atom is 0.335 e. The van der Waals surface area contributed by atoms with Gasteiger partial charge in [0.25, 0.3) is 0 Å². The number of benzene rings is 4. The number of carboxylic acid groups (broad SMARTS) is 1. The molecule has 0 bridgehead atoms. The van der Waals surface area contributed by atoms with Crippen LogP contribution in [0, 0.1) is 5.82 Å². The fraction of sp³-hybridized carbons (Fsp3) is 0.250. The van der Waals surface area contributed by atoms with Crippen molar-refractivity contribution in [2.24, 2.45) is 0 Å². The molecule has 0 atom stereocenters. The van der Waals surface area contributed by atoms with Crippen molar-refractivity contribution in [1.82, 2.24) is 9.55 Å². The van der Waals surface area contributed by atoms with Crippen LogP contribution >= 0.6 is 24.0 Å². The maximum atomic E-state index is 15.9. The van der Waals surface area contributed by atoms with E-state index in [4.69, 9.17) is 21.3 Å². The molecule has 1 aliphatic carbocycles. The Hall–Kier alpha value is -4.40. The van der Waals surface area contributed by atoms with Gasteiger partial charge in [0, 0.05) is 36.8 Å². The molecule has 4 aromatic carbocycles. The third-order valence-electron chi connectivity index (χ3n) is 8.56. The predicted molar refractivity (Wildman–Crippen MR) is 182 cm³/mol. The zero-order chi connectivity index (χ0) is 31.7. The SMILES string of the molecule is CC(=O)N(C)c1ccc(-c2ccc(Cl)cc2)c(COc2ccc(-c3nc4cc(C(=O)O)ccc4n3C3CCCCC3)c(F)c2)c1.Cl. The molecule has 0 aliphatic heterocycles. The number of hydrogen-bond donors (Lipinski definition) is 1. The third-order valence-corrected chi connectivity index (χ3v) is 8.81. The highest BCUT2D eigenvalue weighted by Gasteiger charge is 2.25. The number of aromatic nitrogens is 2. The van der Waals surface area contributed by atoms with Crippen molar-refractivity contribution in [3.63, 3.8) is 0 Å². The van der Waals surface area contributed by atoms with Gasteiger partial charge in [-0.05, 0) is 84.1 Å². The summed E-state index contributed by atoms with van der Waals surface area (Å²) in [4.78, 5) is 30.0. The smallest absolute Gasteiger partial charge is 0.335 e. The van der Waals surface area contributed by atoms with Crippen LogP contribution in [-0.4, -0.2) is 33.6 Å². The third kappa shape index (κ3) is 6.73. The maximum absolute atomic E-state index is 15.9. The zero-order valence-electron chi connectivity index (χ0n) is 25.5. The zero-order valence-corrected chi connectivity index (χ0v) is 27.1. The number of amides is 1. The van der Waals surface area contributed by atoms with E-state index in [9.17, 15) is 14.7 Å². The van der Waals surface area contributed by atoms with Gasteiger partial charge in [-0.1, -0.05) is 49.1 Å². The first-order valence-electron chi connectivity index (χ1n) is 15.0. The number of carbonyl (C=O) groups is 2. The number of ether oxygens (including phenoxy) is 1. The fourth-order valence-corrected chi connectivity index (χ4v) is 6.19. The lowest BCUT2D eigenvalue weighted by Crippen LogP contribution is -2.23. The van der Waals surface area contributed by atoms with Crippen LogP contribution in [0.15, 0.2) is 78.9 Å². The lowest BCUT2D eigenvalue weighted by molar-refractivity contribution is -0.116. The lowest BCUT2D eigenvalue weighted by Gasteiger charge is -2.25. The predicted octanol–water partition coefficient (Wildman–Crippen LogP) is 9.35. The van der Waals surface area contributed by atoms with E-state index in [2.05, 4.69) is 4.57 Å². The molecule has 1 aromatic heterocycles. The summed E-state index contributed by atoms with van der Waals surface area (Å²) in [6.07, 6.45) is 5.22. The number of carboxylic acids is 1. The van der Waals surface area contributed by atoms with Gasteiger partial charge in [0.05, 0.1) is 22.2 Å². The Morgan fingerprint density at radius 1 is 0.978 bits per heavy atom. The molecule has 6 rings (SSSR count). The summed E-state index contributed by atoms with van der Waals surface area (Å²) in [5, 5.41) is 10.1. The molecule has 0 radical (unpaired) electrons. The summed E-state index contributed by atoms with van der Waals surface area (Å²) in [6, 6.07) is 23.0. The summed E-state index contributed by atoms with van der Waals surface area (Å²) < 4.78 is 24.1. The molecule has 46 heavy (non-hydrogen) atoms. The van der Waals surface area contributed by atoms with Gasteiger partial charge in [-0.25, -0.2) is 14.2 Å². The van der Waals surface area contributed by atoms with Crippen LogP contribution in [0.4, 0.5) is 10.1 Å². The van der Waals surface area contributed by atoms with Crippen molar-refractivity contribution in [3.05, 3.63) is 101 Å². The highest BCUT2D eigenvalue weighted by molar-refractivity contribution is 6.30. The highest BCUT2D eigenvalue weighted by Crippen LogP contribution is 2.38. The minimum atomic E-state index is -1.03. The second kappa shape index (κ2) is 13.9. The van der Waals surface area contributed by atoms with E-state index < -0.39 is 11.8 Å². The molecular formula is C36H34Cl2FN3O4. The topological polar surface area (TPSA) is 84.7 Å². The molecule has 1 N–H and O–H groups in total. The van der Waals surface area contributed by atoms with E-state index in [1.165, 1.54) is 13.0 Å². The van der Waals surface area contributed by atoms with Crippen LogP contribution in [0.1, 0.15) is 61.0 Å². The summed E-state index contributed by atoms with van der Waals surface area (Å²) in [6.45, 7) is 1.64. The quantitative estimate of drug-likeness (QED) is 0.179. The molecule has 5 aromatic rings. The number of imidazole rings is 1. The first-order valence-corrected chi connectivity index (χ1v) is 15.4.